The zero-order chi connectivity index (χ0) is 17.1. The molecule has 0 bridgehead atoms. The Labute approximate surface area is 147 Å². The van der Waals surface area contributed by atoms with Gasteiger partial charge >= 0.3 is 0 Å². The molecule has 0 radical (unpaired) electrons. The molecule has 0 aliphatic carbocycles. The molecule has 2 saturated heterocycles. The number of aromatic nitrogens is 2. The lowest BCUT2D eigenvalue weighted by Gasteiger charge is -2.28. The van der Waals surface area contributed by atoms with Crippen molar-refractivity contribution in [2.24, 2.45) is 0 Å². The van der Waals surface area contributed by atoms with Crippen LogP contribution in [-0.4, -0.2) is 40.7 Å². The fourth-order valence-electron chi connectivity index (χ4n) is 3.83. The van der Waals surface area contributed by atoms with E-state index in [1.165, 1.54) is 12.0 Å². The summed E-state index contributed by atoms with van der Waals surface area (Å²) in [5.41, 5.74) is 1.93. The van der Waals surface area contributed by atoms with Gasteiger partial charge in [0, 0.05) is 24.6 Å². The van der Waals surface area contributed by atoms with Gasteiger partial charge in [0.2, 0.25) is 6.39 Å². The van der Waals surface area contributed by atoms with E-state index in [2.05, 4.69) is 16.2 Å². The Morgan fingerprint density at radius 1 is 1.20 bits per heavy atom. The van der Waals surface area contributed by atoms with Crippen molar-refractivity contribution in [2.75, 3.05) is 19.8 Å². The molecule has 1 amide bonds. The van der Waals surface area contributed by atoms with E-state index in [9.17, 15) is 4.79 Å². The number of carbonyl (C=O) groups is 1. The summed E-state index contributed by atoms with van der Waals surface area (Å²) < 4.78 is 10.4. The number of likely N-dealkylation sites (tertiary alicyclic amines) is 1. The van der Waals surface area contributed by atoms with Gasteiger partial charge in [0.25, 0.3) is 5.91 Å². The van der Waals surface area contributed by atoms with E-state index >= 15 is 0 Å². The second kappa shape index (κ2) is 7.35. The van der Waals surface area contributed by atoms with Gasteiger partial charge in [0.15, 0.2) is 5.82 Å². The summed E-state index contributed by atoms with van der Waals surface area (Å²) in [5, 5.41) is 3.99. The van der Waals surface area contributed by atoms with Crippen LogP contribution < -0.4 is 0 Å². The van der Waals surface area contributed by atoms with Crippen LogP contribution in [0.4, 0.5) is 0 Å². The number of hydrogen-bond donors (Lipinski definition) is 0. The highest BCUT2D eigenvalue weighted by Crippen LogP contribution is 2.31. The first-order chi connectivity index (χ1) is 12.3. The number of amides is 1. The molecular weight excluding hydrogens is 318 g/mol. The normalized spacial score (nSPS) is 24.2. The van der Waals surface area contributed by atoms with E-state index in [-0.39, 0.29) is 11.9 Å². The molecule has 2 atom stereocenters. The van der Waals surface area contributed by atoms with Crippen LogP contribution >= 0.6 is 0 Å². The molecule has 4 rings (SSSR count). The predicted molar refractivity (Wildman–Crippen MR) is 91.2 cm³/mol. The van der Waals surface area contributed by atoms with Crippen LogP contribution in [0.15, 0.2) is 35.2 Å². The zero-order valence-corrected chi connectivity index (χ0v) is 14.3. The standard InChI is InChI=1S/C19H23N3O3/c23-19(15-6-4-5-14(11-15)16-8-10-24-12-16)22-9-3-1-2-7-17(22)18-20-13-25-21-18/h4-6,11,13,16-17H,1-3,7-10,12H2/t16-,17+/m1/s1. The second-order valence-corrected chi connectivity index (χ2v) is 6.84. The summed E-state index contributed by atoms with van der Waals surface area (Å²) in [4.78, 5) is 19.4. The van der Waals surface area contributed by atoms with Crippen LogP contribution in [0.3, 0.4) is 0 Å². The molecule has 2 aromatic rings. The highest BCUT2D eigenvalue weighted by atomic mass is 16.5. The molecule has 0 N–H and O–H groups in total. The molecule has 2 fully saturated rings. The van der Waals surface area contributed by atoms with Crippen molar-refractivity contribution in [1.29, 1.82) is 0 Å². The Morgan fingerprint density at radius 3 is 2.96 bits per heavy atom. The maximum atomic E-state index is 13.2. The molecule has 6 nitrogen and oxygen atoms in total. The maximum absolute atomic E-state index is 13.2. The monoisotopic (exact) mass is 341 g/mol. The first-order valence-electron chi connectivity index (χ1n) is 9.08. The average molecular weight is 341 g/mol. The number of rotatable bonds is 3. The van der Waals surface area contributed by atoms with E-state index in [4.69, 9.17) is 9.26 Å². The minimum atomic E-state index is -0.104. The Bertz CT molecular complexity index is 710. The smallest absolute Gasteiger partial charge is 0.254 e. The fourth-order valence-corrected chi connectivity index (χ4v) is 3.83. The molecule has 0 spiro atoms. The van der Waals surface area contributed by atoms with Gasteiger partial charge in [0.05, 0.1) is 12.6 Å². The van der Waals surface area contributed by atoms with Crippen LogP contribution in [0.5, 0.6) is 0 Å². The van der Waals surface area contributed by atoms with Crippen molar-refractivity contribution in [3.63, 3.8) is 0 Å². The summed E-state index contributed by atoms with van der Waals surface area (Å²) in [7, 11) is 0. The van der Waals surface area contributed by atoms with E-state index in [0.717, 1.165) is 57.4 Å². The van der Waals surface area contributed by atoms with Gasteiger partial charge in [0.1, 0.15) is 0 Å². The Morgan fingerprint density at radius 2 is 2.16 bits per heavy atom. The van der Waals surface area contributed by atoms with Crippen molar-refractivity contribution in [3.8, 4) is 0 Å². The van der Waals surface area contributed by atoms with Crippen LogP contribution in [0.2, 0.25) is 0 Å². The van der Waals surface area contributed by atoms with Crippen LogP contribution in [-0.2, 0) is 4.74 Å². The van der Waals surface area contributed by atoms with Gasteiger partial charge in [-0.2, -0.15) is 4.98 Å². The first-order valence-corrected chi connectivity index (χ1v) is 9.08. The fraction of sp³-hybridized carbons (Fsp3) is 0.526. The lowest BCUT2D eigenvalue weighted by molar-refractivity contribution is 0.0670. The number of ether oxygens (including phenoxy) is 1. The molecule has 3 heterocycles. The lowest BCUT2D eigenvalue weighted by atomic mass is 9.96. The summed E-state index contributed by atoms with van der Waals surface area (Å²) in [6, 6.07) is 7.89. The minimum absolute atomic E-state index is 0.0532. The molecule has 6 heteroatoms. The third-order valence-corrected chi connectivity index (χ3v) is 5.22. The van der Waals surface area contributed by atoms with E-state index in [1.807, 2.05) is 23.1 Å². The van der Waals surface area contributed by atoms with Crippen molar-refractivity contribution in [1.82, 2.24) is 15.0 Å². The quantitative estimate of drug-likeness (QED) is 0.856. The van der Waals surface area contributed by atoms with Gasteiger partial charge in [-0.25, -0.2) is 0 Å². The van der Waals surface area contributed by atoms with Crippen molar-refractivity contribution in [2.45, 2.75) is 44.1 Å². The number of benzene rings is 1. The molecule has 1 aromatic heterocycles. The maximum Gasteiger partial charge on any atom is 0.254 e. The highest BCUT2D eigenvalue weighted by molar-refractivity contribution is 5.94. The van der Waals surface area contributed by atoms with E-state index in [1.54, 1.807) is 0 Å². The molecule has 0 saturated carbocycles. The zero-order valence-electron chi connectivity index (χ0n) is 14.3. The van der Waals surface area contributed by atoms with Gasteiger partial charge in [-0.05, 0) is 37.0 Å². The number of nitrogens with zero attached hydrogens (tertiary/aromatic N) is 3. The Balaban J connectivity index is 1.60. The molecule has 2 aliphatic heterocycles. The SMILES string of the molecule is O=C(c1cccc([C@@H]2CCOC2)c1)N1CCCCC[C@H]1c1ncon1. The molecule has 2 aliphatic rings. The van der Waals surface area contributed by atoms with Gasteiger partial charge in [-0.3, -0.25) is 4.79 Å². The number of hydrogen-bond acceptors (Lipinski definition) is 5. The summed E-state index contributed by atoms with van der Waals surface area (Å²) >= 11 is 0. The molecular formula is C19H23N3O3. The Hall–Kier alpha value is -2.21. The molecule has 132 valence electrons. The van der Waals surface area contributed by atoms with Crippen molar-refractivity contribution in [3.05, 3.63) is 47.6 Å². The lowest BCUT2D eigenvalue weighted by Crippen LogP contribution is -2.35. The largest absolute Gasteiger partial charge is 0.381 e. The van der Waals surface area contributed by atoms with Crippen LogP contribution in [0.25, 0.3) is 0 Å². The predicted octanol–water partition coefficient (Wildman–Crippen LogP) is 3.33. The third kappa shape index (κ3) is 3.44. The molecule has 1 aromatic carbocycles. The van der Waals surface area contributed by atoms with Crippen molar-refractivity contribution < 1.29 is 14.1 Å². The second-order valence-electron chi connectivity index (χ2n) is 6.84. The van der Waals surface area contributed by atoms with Crippen LogP contribution in [0.1, 0.15) is 65.8 Å². The first kappa shape index (κ1) is 16.3. The summed E-state index contributed by atoms with van der Waals surface area (Å²) in [5.74, 6) is 1.05. The van der Waals surface area contributed by atoms with Crippen LogP contribution in [0, 0.1) is 0 Å². The van der Waals surface area contributed by atoms with E-state index < -0.39 is 0 Å². The number of carbonyl (C=O) groups excluding carboxylic acids is 1. The van der Waals surface area contributed by atoms with Gasteiger partial charge < -0.3 is 14.2 Å². The highest BCUT2D eigenvalue weighted by Gasteiger charge is 2.30. The molecule has 0 unspecified atom stereocenters. The topological polar surface area (TPSA) is 68.5 Å². The average Bonchev–Trinajstić information content (AvgIpc) is 3.32. The van der Waals surface area contributed by atoms with E-state index in [0.29, 0.717) is 11.7 Å². The van der Waals surface area contributed by atoms with Gasteiger partial charge in [-0.1, -0.05) is 30.1 Å². The van der Waals surface area contributed by atoms with Gasteiger partial charge in [-0.15, -0.1) is 0 Å². The summed E-state index contributed by atoms with van der Waals surface area (Å²) in [6.45, 7) is 2.27. The third-order valence-electron chi connectivity index (χ3n) is 5.22. The van der Waals surface area contributed by atoms with Crippen molar-refractivity contribution >= 4 is 5.91 Å². The Kier molecular flexibility index (Phi) is 4.78. The molecule has 25 heavy (non-hydrogen) atoms. The minimum Gasteiger partial charge on any atom is -0.381 e. The summed E-state index contributed by atoms with van der Waals surface area (Å²) in [6.07, 6.45) is 6.44.